The van der Waals surface area contributed by atoms with Crippen molar-refractivity contribution >= 4 is 44.7 Å². The molecule has 2 heterocycles. The summed E-state index contributed by atoms with van der Waals surface area (Å²) in [6.07, 6.45) is 1.42. The molecule has 1 unspecified atom stereocenters. The van der Waals surface area contributed by atoms with Gasteiger partial charge < -0.3 is 14.7 Å². The van der Waals surface area contributed by atoms with Gasteiger partial charge in [0.1, 0.15) is 5.52 Å². The maximum absolute atomic E-state index is 12.1. The molecule has 1 aromatic carbocycles. The largest absolute Gasteiger partial charge is 0.462 e. The summed E-state index contributed by atoms with van der Waals surface area (Å²) in [5.41, 5.74) is 0.988. The third-order valence-corrected chi connectivity index (χ3v) is 3.76. The number of rotatable bonds is 4. The van der Waals surface area contributed by atoms with E-state index < -0.39 is 17.2 Å². The monoisotopic (exact) mass is 335 g/mol. The van der Waals surface area contributed by atoms with Crippen molar-refractivity contribution in [1.29, 1.82) is 0 Å². The summed E-state index contributed by atoms with van der Waals surface area (Å²) in [5, 5.41) is 0.967. The van der Waals surface area contributed by atoms with Gasteiger partial charge >= 0.3 is 5.97 Å². The zero-order valence-corrected chi connectivity index (χ0v) is 12.8. The van der Waals surface area contributed by atoms with Crippen LogP contribution in [-0.2, 0) is 16.0 Å². The number of ether oxygens (including phenoxy) is 1. The lowest BCUT2D eigenvalue weighted by Crippen LogP contribution is -2.09. The highest BCUT2D eigenvalue weighted by atomic mass is 32.2. The van der Waals surface area contributed by atoms with E-state index in [1.54, 1.807) is 25.1 Å². The number of aromatic nitrogens is 2. The van der Waals surface area contributed by atoms with E-state index in [1.165, 1.54) is 6.20 Å². The molecule has 1 atom stereocenters. The molecule has 4 N–H and O–H groups in total. The summed E-state index contributed by atoms with van der Waals surface area (Å²) in [6.45, 7) is 1.90. The summed E-state index contributed by atoms with van der Waals surface area (Å²) < 4.78 is 27.2. The molecule has 0 saturated heterocycles. The second-order valence-electron chi connectivity index (χ2n) is 4.74. The van der Waals surface area contributed by atoms with Crippen LogP contribution in [-0.4, -0.2) is 31.3 Å². The van der Waals surface area contributed by atoms with Crippen LogP contribution in [0.4, 0.5) is 5.69 Å². The predicted octanol–water partition coefficient (Wildman–Crippen LogP) is 1.73. The first-order valence-electron chi connectivity index (χ1n) is 6.73. The summed E-state index contributed by atoms with van der Waals surface area (Å²) >= 11 is -2.23. The van der Waals surface area contributed by atoms with Gasteiger partial charge in [0.25, 0.3) is 16.8 Å². The molecule has 0 amide bonds. The van der Waals surface area contributed by atoms with Gasteiger partial charge in [0.15, 0.2) is 0 Å². The number of aromatic amines is 2. The number of hydrogen-bond donors (Lipinski definition) is 4. The zero-order chi connectivity index (χ0) is 16.6. The van der Waals surface area contributed by atoms with Crippen LogP contribution in [0.3, 0.4) is 0 Å². The predicted molar refractivity (Wildman–Crippen MR) is 86.8 cm³/mol. The van der Waals surface area contributed by atoms with E-state index in [0.717, 1.165) is 0 Å². The summed E-state index contributed by atoms with van der Waals surface area (Å²) in [6, 6.07) is 4.72. The maximum Gasteiger partial charge on any atom is 0.340 e. The van der Waals surface area contributed by atoms with Crippen molar-refractivity contribution in [2.75, 3.05) is 11.3 Å². The van der Waals surface area contributed by atoms with Gasteiger partial charge in [-0.2, -0.15) is 0 Å². The topological polar surface area (TPSA) is 124 Å². The van der Waals surface area contributed by atoms with E-state index in [4.69, 9.17) is 9.29 Å². The molecule has 0 aliphatic heterocycles. The number of anilines is 1. The van der Waals surface area contributed by atoms with Gasteiger partial charge in [0, 0.05) is 28.2 Å². The molecule has 23 heavy (non-hydrogen) atoms. The van der Waals surface area contributed by atoms with Gasteiger partial charge in [-0.1, -0.05) is 0 Å². The molecule has 3 rings (SSSR count). The Morgan fingerprint density at radius 1 is 1.43 bits per heavy atom. The third kappa shape index (κ3) is 2.71. The molecule has 0 aliphatic carbocycles. The maximum atomic E-state index is 12.1. The van der Waals surface area contributed by atoms with Crippen molar-refractivity contribution in [3.8, 4) is 0 Å². The zero-order valence-electron chi connectivity index (χ0n) is 12.0. The molecule has 9 heteroatoms. The normalized spacial score (nSPS) is 12.4. The van der Waals surface area contributed by atoms with E-state index in [0.29, 0.717) is 22.0 Å². The van der Waals surface area contributed by atoms with E-state index in [1.807, 2.05) is 0 Å². The number of hydrogen-bond acceptors (Lipinski definition) is 4. The fourth-order valence-corrected chi connectivity index (χ4v) is 2.79. The van der Waals surface area contributed by atoms with Gasteiger partial charge in [-0.3, -0.25) is 14.1 Å². The Labute approximate surface area is 132 Å². The quantitative estimate of drug-likeness (QED) is 0.427. The Morgan fingerprint density at radius 2 is 2.22 bits per heavy atom. The van der Waals surface area contributed by atoms with Crippen LogP contribution >= 0.6 is 0 Å². The van der Waals surface area contributed by atoms with Gasteiger partial charge in [-0.05, 0) is 25.1 Å². The molecule has 0 saturated carbocycles. The Bertz CT molecular complexity index is 991. The average Bonchev–Trinajstić information content (AvgIpc) is 2.93. The SMILES string of the molecule is CCOC(=O)c1c[nH]c2c(=O)[nH]c3ccc(NS(=O)O)cc3c12. The van der Waals surface area contributed by atoms with Gasteiger partial charge in [0.05, 0.1) is 12.2 Å². The van der Waals surface area contributed by atoms with E-state index >= 15 is 0 Å². The van der Waals surface area contributed by atoms with Crippen LogP contribution in [0, 0.1) is 0 Å². The van der Waals surface area contributed by atoms with E-state index in [-0.39, 0.29) is 23.2 Å². The molecule has 2 aromatic heterocycles. The molecule has 3 aromatic rings. The van der Waals surface area contributed by atoms with Crippen LogP contribution < -0.4 is 10.3 Å². The van der Waals surface area contributed by atoms with Gasteiger partial charge in [-0.15, -0.1) is 0 Å². The smallest absolute Gasteiger partial charge is 0.340 e. The molecule has 0 spiro atoms. The number of esters is 1. The first-order chi connectivity index (χ1) is 11.0. The first-order valence-corrected chi connectivity index (χ1v) is 7.83. The average molecular weight is 335 g/mol. The minimum absolute atomic E-state index is 0.211. The highest BCUT2D eigenvalue weighted by molar-refractivity contribution is 7.80. The van der Waals surface area contributed by atoms with Gasteiger partial charge in [-0.25, -0.2) is 9.00 Å². The number of carbonyl (C=O) groups is 1. The number of fused-ring (bicyclic) bond motifs is 3. The van der Waals surface area contributed by atoms with Crippen LogP contribution in [0.25, 0.3) is 21.8 Å². The second-order valence-corrected chi connectivity index (χ2v) is 5.44. The Morgan fingerprint density at radius 3 is 2.91 bits per heavy atom. The fraction of sp³-hybridized carbons (Fsp3) is 0.143. The summed E-state index contributed by atoms with van der Waals surface area (Å²) in [5.74, 6) is -0.547. The van der Waals surface area contributed by atoms with Crippen LogP contribution in [0.15, 0.2) is 29.2 Å². The van der Waals surface area contributed by atoms with Gasteiger partial charge in [0.2, 0.25) is 0 Å². The standard InChI is InChI=1S/C14H13N3O5S/c1-2-22-14(19)9-6-15-12-11(9)8-5-7(17-23(20)21)3-4-10(8)16-13(12)18/h3-6,15,17H,2H2,1H3,(H,16,18)(H,20,21). The van der Waals surface area contributed by atoms with Crippen LogP contribution in [0.5, 0.6) is 0 Å². The molecule has 8 nitrogen and oxygen atoms in total. The Balaban J connectivity index is 2.33. The number of benzene rings is 1. The molecule has 0 aliphatic rings. The minimum Gasteiger partial charge on any atom is -0.462 e. The number of carbonyl (C=O) groups excluding carboxylic acids is 1. The minimum atomic E-state index is -2.23. The van der Waals surface area contributed by atoms with E-state index in [2.05, 4.69) is 14.7 Å². The molecule has 0 radical (unpaired) electrons. The molecular weight excluding hydrogens is 322 g/mol. The highest BCUT2D eigenvalue weighted by Gasteiger charge is 2.18. The fourth-order valence-electron chi connectivity index (χ4n) is 2.46. The molecule has 120 valence electrons. The van der Waals surface area contributed by atoms with Crippen molar-refractivity contribution in [3.63, 3.8) is 0 Å². The third-order valence-electron chi connectivity index (χ3n) is 3.34. The molecular formula is C14H13N3O5S. The number of pyridine rings is 1. The van der Waals surface area contributed by atoms with Crippen molar-refractivity contribution in [3.05, 3.63) is 40.3 Å². The lowest BCUT2D eigenvalue weighted by Gasteiger charge is -2.06. The first kappa shape index (κ1) is 15.3. The number of nitrogens with one attached hydrogen (secondary N) is 3. The van der Waals surface area contributed by atoms with Crippen molar-refractivity contribution in [2.45, 2.75) is 6.92 Å². The van der Waals surface area contributed by atoms with Crippen molar-refractivity contribution in [2.24, 2.45) is 0 Å². The molecule has 0 bridgehead atoms. The highest BCUT2D eigenvalue weighted by Crippen LogP contribution is 2.27. The molecule has 0 fully saturated rings. The lowest BCUT2D eigenvalue weighted by molar-refractivity contribution is 0.0529. The lowest BCUT2D eigenvalue weighted by atomic mass is 10.1. The number of H-pyrrole nitrogens is 2. The van der Waals surface area contributed by atoms with Crippen LogP contribution in [0.2, 0.25) is 0 Å². The Hall–Kier alpha value is -2.65. The van der Waals surface area contributed by atoms with Crippen LogP contribution in [0.1, 0.15) is 17.3 Å². The summed E-state index contributed by atoms with van der Waals surface area (Å²) in [7, 11) is 0. The van der Waals surface area contributed by atoms with Crippen molar-refractivity contribution < 1.29 is 18.3 Å². The van der Waals surface area contributed by atoms with Crippen molar-refractivity contribution in [1.82, 2.24) is 9.97 Å². The Kier molecular flexibility index (Phi) is 3.89. The second kappa shape index (κ2) is 5.86. The van der Waals surface area contributed by atoms with E-state index in [9.17, 15) is 13.8 Å². The summed E-state index contributed by atoms with van der Waals surface area (Å²) in [4.78, 5) is 29.7.